The van der Waals surface area contributed by atoms with Gasteiger partial charge in [0.25, 0.3) is 0 Å². The van der Waals surface area contributed by atoms with Gasteiger partial charge in [0, 0.05) is 9.86 Å². The van der Waals surface area contributed by atoms with Gasteiger partial charge in [-0.15, -0.1) is 0 Å². The molecule has 2 aromatic rings. The van der Waals surface area contributed by atoms with Crippen LogP contribution in [0.25, 0.3) is 10.9 Å². The highest BCUT2D eigenvalue weighted by Gasteiger charge is 2.03. The van der Waals surface area contributed by atoms with Crippen LogP contribution in [0.3, 0.4) is 0 Å². The summed E-state index contributed by atoms with van der Waals surface area (Å²) in [5.41, 5.74) is 0.638. The number of phenols is 1. The largest absolute Gasteiger partial charge is 0.508 e. The third-order valence-electron chi connectivity index (χ3n) is 1.69. The smallest absolute Gasteiger partial charge is 0.142 e. The first-order valence-corrected chi connectivity index (χ1v) is 4.40. The minimum Gasteiger partial charge on any atom is -0.508 e. The van der Waals surface area contributed by atoms with Crippen LogP contribution < -0.4 is 0 Å². The van der Waals surface area contributed by atoms with Gasteiger partial charge in [-0.3, -0.25) is 4.98 Å². The summed E-state index contributed by atoms with van der Waals surface area (Å²) in [4.78, 5) is 3.89. The number of pyridine rings is 1. The minimum atomic E-state index is -0.412. The molecule has 1 heterocycles. The summed E-state index contributed by atoms with van der Waals surface area (Å²) < 4.78 is 13.4. The van der Waals surface area contributed by atoms with Crippen molar-refractivity contribution < 1.29 is 9.50 Å². The Morgan fingerprint density at radius 2 is 2.08 bits per heavy atom. The molecule has 0 aliphatic heterocycles. The predicted octanol–water partition coefficient (Wildman–Crippen LogP) is 2.84. The molecule has 0 spiro atoms. The maximum Gasteiger partial charge on any atom is 0.142 e. The van der Waals surface area contributed by atoms with Gasteiger partial charge in [0.05, 0.1) is 11.7 Å². The molecular weight excluding hydrogens is 237 g/mol. The third kappa shape index (κ3) is 1.49. The highest BCUT2D eigenvalue weighted by molar-refractivity contribution is 9.10. The van der Waals surface area contributed by atoms with Gasteiger partial charge >= 0.3 is 0 Å². The molecule has 2 nitrogen and oxygen atoms in total. The highest BCUT2D eigenvalue weighted by Crippen LogP contribution is 2.27. The van der Waals surface area contributed by atoms with Crippen LogP contribution in [0.5, 0.6) is 5.75 Å². The van der Waals surface area contributed by atoms with E-state index in [0.29, 0.717) is 15.4 Å². The number of aromatic nitrogens is 1. The van der Waals surface area contributed by atoms with Crippen molar-refractivity contribution in [2.75, 3.05) is 0 Å². The average Bonchev–Trinajstić information content (AvgIpc) is 2.02. The zero-order valence-electron chi connectivity index (χ0n) is 6.46. The number of hydrogen-bond acceptors (Lipinski definition) is 2. The van der Waals surface area contributed by atoms with Crippen LogP contribution in [-0.4, -0.2) is 10.1 Å². The zero-order valence-corrected chi connectivity index (χ0v) is 8.05. The molecule has 1 N–H and O–H groups in total. The van der Waals surface area contributed by atoms with E-state index in [1.807, 2.05) is 0 Å². The predicted molar refractivity (Wildman–Crippen MR) is 51.1 cm³/mol. The molecule has 0 fully saturated rings. The van der Waals surface area contributed by atoms with Crippen molar-refractivity contribution in [3.05, 3.63) is 34.7 Å². The number of aromatic hydroxyl groups is 1. The molecular formula is C9H5BrFNO. The first-order chi connectivity index (χ1) is 6.16. The quantitative estimate of drug-likeness (QED) is 0.770. The van der Waals surface area contributed by atoms with Crippen LogP contribution >= 0.6 is 15.9 Å². The molecule has 2 rings (SSSR count). The summed E-state index contributed by atoms with van der Waals surface area (Å²) in [6, 6.07) is 4.32. The maximum absolute atomic E-state index is 12.7. The van der Waals surface area contributed by atoms with Gasteiger partial charge in [-0.05, 0) is 34.1 Å². The van der Waals surface area contributed by atoms with E-state index in [1.165, 1.54) is 18.2 Å². The van der Waals surface area contributed by atoms with Crippen molar-refractivity contribution in [1.29, 1.82) is 0 Å². The second-order valence-electron chi connectivity index (χ2n) is 2.65. The number of hydrogen-bond donors (Lipinski definition) is 1. The van der Waals surface area contributed by atoms with E-state index in [4.69, 9.17) is 0 Å². The van der Waals surface area contributed by atoms with E-state index in [2.05, 4.69) is 20.9 Å². The molecule has 1 aromatic carbocycles. The van der Waals surface area contributed by atoms with E-state index in [9.17, 15) is 9.50 Å². The van der Waals surface area contributed by atoms with E-state index in [-0.39, 0.29) is 5.75 Å². The fraction of sp³-hybridized carbons (Fsp3) is 0. The SMILES string of the molecule is Oc1cc(Br)c2ncc(F)cc2c1. The molecule has 0 bridgehead atoms. The molecule has 0 radical (unpaired) electrons. The van der Waals surface area contributed by atoms with Crippen LogP contribution in [-0.2, 0) is 0 Å². The first-order valence-electron chi connectivity index (χ1n) is 3.60. The van der Waals surface area contributed by atoms with Crippen LogP contribution in [0, 0.1) is 5.82 Å². The lowest BCUT2D eigenvalue weighted by atomic mass is 10.2. The van der Waals surface area contributed by atoms with Crippen molar-refractivity contribution in [3.63, 3.8) is 0 Å². The van der Waals surface area contributed by atoms with E-state index in [1.54, 1.807) is 0 Å². The fourth-order valence-electron chi connectivity index (χ4n) is 1.16. The van der Waals surface area contributed by atoms with Crippen LogP contribution in [0.2, 0.25) is 0 Å². The second kappa shape index (κ2) is 2.96. The van der Waals surface area contributed by atoms with Crippen molar-refractivity contribution in [2.24, 2.45) is 0 Å². The molecule has 0 saturated carbocycles. The molecule has 0 aliphatic carbocycles. The summed E-state index contributed by atoms with van der Waals surface area (Å²) >= 11 is 3.23. The summed E-state index contributed by atoms with van der Waals surface area (Å²) in [6.45, 7) is 0. The first kappa shape index (κ1) is 8.44. The van der Waals surface area contributed by atoms with Crippen molar-refractivity contribution in [2.45, 2.75) is 0 Å². The lowest BCUT2D eigenvalue weighted by molar-refractivity contribution is 0.476. The molecule has 66 valence electrons. The summed E-state index contributed by atoms with van der Waals surface area (Å²) in [5, 5.41) is 9.80. The van der Waals surface area contributed by atoms with Gasteiger partial charge in [-0.2, -0.15) is 0 Å². The Bertz CT molecular complexity index is 467. The molecule has 0 aliphatic rings. The topological polar surface area (TPSA) is 33.1 Å². The van der Waals surface area contributed by atoms with Crippen LogP contribution in [0.1, 0.15) is 0 Å². The Morgan fingerprint density at radius 3 is 2.85 bits per heavy atom. The number of phenolic OH excluding ortho intramolecular Hbond substituents is 1. The average molecular weight is 242 g/mol. The summed E-state index contributed by atoms with van der Waals surface area (Å²) in [5.74, 6) is -0.322. The standard InChI is InChI=1S/C9H5BrFNO/c10-8-3-7(13)2-5-1-6(11)4-12-9(5)8/h1-4,13H. The van der Waals surface area contributed by atoms with Gasteiger partial charge in [0.1, 0.15) is 11.6 Å². The number of fused-ring (bicyclic) bond motifs is 1. The Kier molecular flexibility index (Phi) is 1.92. The summed E-state index contributed by atoms with van der Waals surface area (Å²) in [6.07, 6.45) is 1.14. The van der Waals surface area contributed by atoms with Crippen molar-refractivity contribution in [3.8, 4) is 5.75 Å². The molecule has 13 heavy (non-hydrogen) atoms. The molecule has 4 heteroatoms. The molecule has 1 aromatic heterocycles. The molecule has 0 amide bonds. The highest BCUT2D eigenvalue weighted by atomic mass is 79.9. The molecule has 0 atom stereocenters. The molecule has 0 unspecified atom stereocenters. The van der Waals surface area contributed by atoms with E-state index < -0.39 is 5.82 Å². The van der Waals surface area contributed by atoms with Gasteiger partial charge in [-0.1, -0.05) is 0 Å². The second-order valence-corrected chi connectivity index (χ2v) is 3.51. The Hall–Kier alpha value is -1.16. The number of nitrogens with zero attached hydrogens (tertiary/aromatic N) is 1. The lowest BCUT2D eigenvalue weighted by Gasteiger charge is -2.00. The monoisotopic (exact) mass is 241 g/mol. The van der Waals surface area contributed by atoms with Crippen LogP contribution in [0.4, 0.5) is 4.39 Å². The Labute approximate surface area is 82.2 Å². The van der Waals surface area contributed by atoms with E-state index >= 15 is 0 Å². The van der Waals surface area contributed by atoms with Gasteiger partial charge < -0.3 is 5.11 Å². The number of halogens is 2. The fourth-order valence-corrected chi connectivity index (χ4v) is 1.73. The van der Waals surface area contributed by atoms with Gasteiger partial charge in [0.2, 0.25) is 0 Å². The van der Waals surface area contributed by atoms with Gasteiger partial charge in [0.15, 0.2) is 0 Å². The van der Waals surface area contributed by atoms with Crippen molar-refractivity contribution in [1.82, 2.24) is 4.98 Å². The summed E-state index contributed by atoms with van der Waals surface area (Å²) in [7, 11) is 0. The van der Waals surface area contributed by atoms with Crippen molar-refractivity contribution >= 4 is 26.8 Å². The number of benzene rings is 1. The molecule has 0 saturated heterocycles. The van der Waals surface area contributed by atoms with E-state index in [0.717, 1.165) is 6.20 Å². The van der Waals surface area contributed by atoms with Gasteiger partial charge in [-0.25, -0.2) is 4.39 Å². The van der Waals surface area contributed by atoms with Crippen LogP contribution in [0.15, 0.2) is 28.9 Å². The Balaban J connectivity index is 2.86. The normalized spacial score (nSPS) is 10.6. The Morgan fingerprint density at radius 1 is 1.31 bits per heavy atom. The maximum atomic E-state index is 12.7. The number of rotatable bonds is 0. The minimum absolute atomic E-state index is 0.0896. The zero-order chi connectivity index (χ0) is 9.42. The third-order valence-corrected chi connectivity index (χ3v) is 2.29. The lowest BCUT2D eigenvalue weighted by Crippen LogP contribution is -1.82.